The summed E-state index contributed by atoms with van der Waals surface area (Å²) in [7, 11) is 0. The van der Waals surface area contributed by atoms with Crippen molar-refractivity contribution >= 4 is 17.5 Å². The Labute approximate surface area is 102 Å². The third-order valence-electron chi connectivity index (χ3n) is 4.77. The lowest BCUT2D eigenvalue weighted by molar-refractivity contribution is -0.136. The predicted molar refractivity (Wildman–Crippen MR) is 64.3 cm³/mol. The molecule has 3 aliphatic rings. The van der Waals surface area contributed by atoms with Gasteiger partial charge in [-0.05, 0) is 43.4 Å². The lowest BCUT2D eigenvalue weighted by atomic mass is 9.95. The molecular weight excluding hydrogens is 222 g/mol. The van der Waals surface area contributed by atoms with Crippen molar-refractivity contribution in [1.29, 1.82) is 0 Å². The third-order valence-corrected chi connectivity index (χ3v) is 5.34. The normalized spacial score (nSPS) is 46.6. The molecule has 1 saturated heterocycles. The Balaban J connectivity index is 1.58. The van der Waals surface area contributed by atoms with Gasteiger partial charge in [0.1, 0.15) is 0 Å². The first kappa shape index (κ1) is 10.9. The average molecular weight is 242 g/mol. The van der Waals surface area contributed by atoms with Gasteiger partial charge < -0.3 is 4.90 Å². The lowest BCUT2D eigenvalue weighted by Crippen LogP contribution is -2.46. The van der Waals surface area contributed by atoms with Crippen molar-refractivity contribution in [3.63, 3.8) is 0 Å². The molecule has 0 spiro atoms. The van der Waals surface area contributed by atoms with Crippen LogP contribution in [0.1, 0.15) is 32.6 Å². The van der Waals surface area contributed by atoms with Crippen LogP contribution in [-0.2, 0) is 4.79 Å². The molecule has 2 nitrogen and oxygen atoms in total. The Morgan fingerprint density at radius 2 is 1.94 bits per heavy atom. The van der Waals surface area contributed by atoms with Crippen LogP contribution < -0.4 is 0 Å². The maximum absolute atomic E-state index is 12.3. The van der Waals surface area contributed by atoms with Gasteiger partial charge in [0.05, 0.1) is 5.38 Å². The van der Waals surface area contributed by atoms with Crippen LogP contribution in [-0.4, -0.2) is 29.3 Å². The number of rotatable bonds is 1. The van der Waals surface area contributed by atoms with Gasteiger partial charge in [-0.3, -0.25) is 4.79 Å². The molecule has 0 aromatic heterocycles. The van der Waals surface area contributed by atoms with E-state index >= 15 is 0 Å². The number of halogens is 1. The van der Waals surface area contributed by atoms with Crippen LogP contribution in [0.4, 0.5) is 0 Å². The summed E-state index contributed by atoms with van der Waals surface area (Å²) < 4.78 is 0. The molecule has 3 fully saturated rings. The van der Waals surface area contributed by atoms with Gasteiger partial charge in [0.25, 0.3) is 0 Å². The second-order valence-electron chi connectivity index (χ2n) is 5.99. The topological polar surface area (TPSA) is 20.3 Å². The number of nitrogens with zero attached hydrogens (tertiary/aromatic N) is 1. The SMILES string of the molecule is CC1CCN(C(=O)C2CC3CC3C2)CC1Cl. The summed E-state index contributed by atoms with van der Waals surface area (Å²) >= 11 is 6.26. The number of alkyl halides is 1. The first-order chi connectivity index (χ1) is 7.65. The lowest BCUT2D eigenvalue weighted by Gasteiger charge is -2.35. The molecule has 1 heterocycles. The molecule has 3 heteroatoms. The molecule has 0 bridgehead atoms. The molecule has 4 unspecified atom stereocenters. The van der Waals surface area contributed by atoms with Gasteiger partial charge in [0.2, 0.25) is 5.91 Å². The first-order valence-corrected chi connectivity index (χ1v) is 7.01. The first-order valence-electron chi connectivity index (χ1n) is 6.58. The summed E-state index contributed by atoms with van der Waals surface area (Å²) in [6.07, 6.45) is 4.77. The van der Waals surface area contributed by atoms with E-state index in [1.807, 2.05) is 4.90 Å². The number of fused-ring (bicyclic) bond motifs is 1. The van der Waals surface area contributed by atoms with Crippen LogP contribution in [0.3, 0.4) is 0 Å². The van der Waals surface area contributed by atoms with Crippen molar-refractivity contribution in [2.24, 2.45) is 23.7 Å². The Hall–Kier alpha value is -0.240. The fourth-order valence-electron chi connectivity index (χ4n) is 3.40. The number of likely N-dealkylation sites (tertiary alicyclic amines) is 1. The number of piperidine rings is 1. The van der Waals surface area contributed by atoms with Gasteiger partial charge in [0, 0.05) is 19.0 Å². The number of hydrogen-bond acceptors (Lipinski definition) is 1. The Kier molecular flexibility index (Phi) is 2.66. The Morgan fingerprint density at radius 3 is 2.56 bits per heavy atom. The highest BCUT2D eigenvalue weighted by atomic mass is 35.5. The van der Waals surface area contributed by atoms with E-state index in [0.29, 0.717) is 17.7 Å². The minimum absolute atomic E-state index is 0.161. The van der Waals surface area contributed by atoms with Gasteiger partial charge in [0.15, 0.2) is 0 Å². The summed E-state index contributed by atoms with van der Waals surface area (Å²) in [4.78, 5) is 14.3. The van der Waals surface area contributed by atoms with Crippen LogP contribution in [0, 0.1) is 23.7 Å². The largest absolute Gasteiger partial charge is 0.341 e. The van der Waals surface area contributed by atoms with Gasteiger partial charge >= 0.3 is 0 Å². The summed E-state index contributed by atoms with van der Waals surface area (Å²) in [5, 5.41) is 0.161. The van der Waals surface area contributed by atoms with E-state index in [-0.39, 0.29) is 5.38 Å². The van der Waals surface area contributed by atoms with E-state index in [0.717, 1.165) is 44.2 Å². The number of carbonyl (C=O) groups is 1. The zero-order valence-electron chi connectivity index (χ0n) is 9.86. The molecular formula is C13H20ClNO. The minimum atomic E-state index is 0.161. The van der Waals surface area contributed by atoms with Crippen molar-refractivity contribution in [3.8, 4) is 0 Å². The van der Waals surface area contributed by atoms with E-state index in [4.69, 9.17) is 11.6 Å². The molecule has 16 heavy (non-hydrogen) atoms. The standard InChI is InChI=1S/C13H20ClNO/c1-8-2-3-15(7-12(8)14)13(16)11-5-9-4-10(9)6-11/h8-12H,2-7H2,1H3. The minimum Gasteiger partial charge on any atom is -0.341 e. The zero-order chi connectivity index (χ0) is 11.3. The van der Waals surface area contributed by atoms with Crippen molar-refractivity contribution < 1.29 is 4.79 Å². The average Bonchev–Trinajstić information content (AvgIpc) is 2.89. The smallest absolute Gasteiger partial charge is 0.225 e. The predicted octanol–water partition coefficient (Wildman–Crippen LogP) is 2.51. The summed E-state index contributed by atoms with van der Waals surface area (Å²) in [5.74, 6) is 3.07. The highest BCUT2D eigenvalue weighted by Gasteiger charge is 2.49. The highest BCUT2D eigenvalue weighted by Crippen LogP contribution is 2.54. The molecule has 0 aromatic carbocycles. The summed E-state index contributed by atoms with van der Waals surface area (Å²) in [5.41, 5.74) is 0. The Morgan fingerprint density at radius 1 is 1.25 bits per heavy atom. The molecule has 3 rings (SSSR count). The van der Waals surface area contributed by atoms with E-state index in [1.54, 1.807) is 0 Å². The molecule has 0 radical (unpaired) electrons. The third kappa shape index (κ3) is 1.85. The molecule has 90 valence electrons. The van der Waals surface area contributed by atoms with Gasteiger partial charge in [-0.1, -0.05) is 6.92 Å². The molecule has 0 aromatic rings. The molecule has 0 N–H and O–H groups in total. The second kappa shape index (κ2) is 3.90. The Bertz CT molecular complexity index is 296. The second-order valence-corrected chi connectivity index (χ2v) is 6.55. The maximum atomic E-state index is 12.3. The van der Waals surface area contributed by atoms with Crippen LogP contribution in [0.15, 0.2) is 0 Å². The molecule has 2 aliphatic carbocycles. The van der Waals surface area contributed by atoms with Crippen LogP contribution >= 0.6 is 11.6 Å². The van der Waals surface area contributed by atoms with Crippen molar-refractivity contribution in [2.75, 3.05) is 13.1 Å². The molecule has 1 amide bonds. The van der Waals surface area contributed by atoms with Gasteiger partial charge in [-0.2, -0.15) is 0 Å². The number of hydrogen-bond donors (Lipinski definition) is 0. The molecule has 2 saturated carbocycles. The van der Waals surface area contributed by atoms with Gasteiger partial charge in [-0.15, -0.1) is 11.6 Å². The van der Waals surface area contributed by atoms with Crippen molar-refractivity contribution in [1.82, 2.24) is 4.90 Å². The van der Waals surface area contributed by atoms with Crippen LogP contribution in [0.5, 0.6) is 0 Å². The van der Waals surface area contributed by atoms with Crippen LogP contribution in [0.2, 0.25) is 0 Å². The maximum Gasteiger partial charge on any atom is 0.225 e. The van der Waals surface area contributed by atoms with E-state index in [1.165, 1.54) is 6.42 Å². The van der Waals surface area contributed by atoms with Crippen LogP contribution in [0.25, 0.3) is 0 Å². The molecule has 1 aliphatic heterocycles. The van der Waals surface area contributed by atoms with E-state index in [2.05, 4.69) is 6.92 Å². The number of carbonyl (C=O) groups excluding carboxylic acids is 1. The quantitative estimate of drug-likeness (QED) is 0.646. The van der Waals surface area contributed by atoms with E-state index in [9.17, 15) is 4.79 Å². The molecule has 4 atom stereocenters. The van der Waals surface area contributed by atoms with Gasteiger partial charge in [-0.25, -0.2) is 0 Å². The van der Waals surface area contributed by atoms with Crippen molar-refractivity contribution in [2.45, 2.75) is 38.0 Å². The summed E-state index contributed by atoms with van der Waals surface area (Å²) in [6, 6.07) is 0. The number of amides is 1. The summed E-state index contributed by atoms with van der Waals surface area (Å²) in [6.45, 7) is 3.88. The van der Waals surface area contributed by atoms with Crippen molar-refractivity contribution in [3.05, 3.63) is 0 Å². The fraction of sp³-hybridized carbons (Fsp3) is 0.923. The monoisotopic (exact) mass is 241 g/mol. The van der Waals surface area contributed by atoms with E-state index < -0.39 is 0 Å². The zero-order valence-corrected chi connectivity index (χ0v) is 10.6. The fourth-order valence-corrected chi connectivity index (χ4v) is 3.69. The highest BCUT2D eigenvalue weighted by molar-refractivity contribution is 6.21.